The van der Waals surface area contributed by atoms with E-state index in [-0.39, 0.29) is 12.3 Å². The predicted octanol–water partition coefficient (Wildman–Crippen LogP) is 12.7. The number of rotatable bonds is 39. The molecule has 50 heavy (non-hydrogen) atoms. The van der Waals surface area contributed by atoms with E-state index >= 15 is 0 Å². The predicted molar refractivity (Wildman–Crippen MR) is 216 cm³/mol. The summed E-state index contributed by atoms with van der Waals surface area (Å²) in [5.74, 6) is -0.984. The normalized spacial score (nSPS) is 13.4. The Morgan fingerprint density at radius 1 is 0.520 bits per heavy atom. The molecule has 1 amide bonds. The third-order valence-electron chi connectivity index (χ3n) is 9.87. The summed E-state index contributed by atoms with van der Waals surface area (Å²) in [6.45, 7) is 4.53. The Morgan fingerprint density at radius 3 is 1.20 bits per heavy atom. The molecule has 0 spiro atoms. The maximum atomic E-state index is 12.5. The van der Waals surface area contributed by atoms with Gasteiger partial charge in [-0.2, -0.15) is 8.42 Å². The van der Waals surface area contributed by atoms with E-state index in [9.17, 15) is 22.9 Å². The molecule has 0 aliphatic carbocycles. The summed E-state index contributed by atoms with van der Waals surface area (Å²) in [6.07, 6.45) is 47.4. The second-order valence-corrected chi connectivity index (χ2v) is 16.5. The van der Waals surface area contributed by atoms with Crippen LogP contribution in [0, 0.1) is 0 Å². The zero-order chi connectivity index (χ0) is 36.8. The van der Waals surface area contributed by atoms with Crippen molar-refractivity contribution in [3.8, 4) is 0 Å². The maximum absolute atomic E-state index is 12.5. The van der Waals surface area contributed by atoms with Crippen LogP contribution < -0.4 is 5.32 Å². The van der Waals surface area contributed by atoms with Gasteiger partial charge in [-0.15, -0.1) is 0 Å². The van der Waals surface area contributed by atoms with Crippen molar-refractivity contribution in [1.29, 1.82) is 0 Å². The first-order valence-electron chi connectivity index (χ1n) is 21.5. The topological polar surface area (TPSA) is 104 Å². The van der Waals surface area contributed by atoms with Gasteiger partial charge >= 0.3 is 0 Å². The number of nitrogens with one attached hydrogen (secondary N) is 1. The SMILES string of the molecule is CCCCCCCC/C=C\CCCCCCCC(=O)NC(CS(=O)(=O)O)C(O)/C=C/CCCCCCCCCCCCCCCCCCCC. The summed E-state index contributed by atoms with van der Waals surface area (Å²) in [4.78, 5) is 12.5. The first kappa shape index (κ1) is 48.8. The molecule has 0 aromatic rings. The maximum Gasteiger partial charge on any atom is 0.267 e. The Kier molecular flexibility index (Phi) is 36.7. The standard InChI is InChI=1S/C43H83NO5S/c1-3-5-7-9-11-13-15-17-19-20-21-22-23-25-26-28-30-32-34-36-38-42(45)41(40-50(47,48)49)44-43(46)39-37-35-33-31-29-27-24-18-16-14-12-10-8-6-4-2/h18,24,36,38,41-42,45H,3-17,19-23,25-35,37,39-40H2,1-2H3,(H,44,46)(H,47,48,49)/b24-18-,38-36+. The van der Waals surface area contributed by atoms with Crippen LogP contribution in [0.15, 0.2) is 24.3 Å². The molecule has 7 heteroatoms. The summed E-state index contributed by atoms with van der Waals surface area (Å²) < 4.78 is 32.5. The van der Waals surface area contributed by atoms with Crippen LogP contribution >= 0.6 is 0 Å². The van der Waals surface area contributed by atoms with Crippen molar-refractivity contribution in [2.45, 2.75) is 238 Å². The fourth-order valence-electron chi connectivity index (χ4n) is 6.62. The first-order valence-corrected chi connectivity index (χ1v) is 23.1. The van der Waals surface area contributed by atoms with Crippen LogP contribution in [0.3, 0.4) is 0 Å². The van der Waals surface area contributed by atoms with Gasteiger partial charge in [0, 0.05) is 6.42 Å². The number of unbranched alkanes of at least 4 members (excludes halogenated alkanes) is 29. The van der Waals surface area contributed by atoms with E-state index in [2.05, 4.69) is 31.3 Å². The minimum Gasteiger partial charge on any atom is -0.387 e. The second kappa shape index (κ2) is 37.6. The molecule has 0 rings (SSSR count). The van der Waals surface area contributed by atoms with Crippen molar-refractivity contribution in [1.82, 2.24) is 5.32 Å². The van der Waals surface area contributed by atoms with E-state index in [1.165, 1.54) is 148 Å². The Labute approximate surface area is 311 Å². The monoisotopic (exact) mass is 726 g/mol. The van der Waals surface area contributed by atoms with Gasteiger partial charge in [0.15, 0.2) is 0 Å². The quantitative estimate of drug-likeness (QED) is 0.0332. The number of allylic oxidation sites excluding steroid dienone is 3. The number of aliphatic hydroxyl groups is 1. The van der Waals surface area contributed by atoms with Gasteiger partial charge in [0.25, 0.3) is 10.1 Å². The largest absolute Gasteiger partial charge is 0.387 e. The van der Waals surface area contributed by atoms with E-state index in [1.54, 1.807) is 6.08 Å². The van der Waals surface area contributed by atoms with Gasteiger partial charge < -0.3 is 10.4 Å². The summed E-state index contributed by atoms with van der Waals surface area (Å²) in [6, 6.07) is -1.06. The summed E-state index contributed by atoms with van der Waals surface area (Å²) in [5.41, 5.74) is 0. The molecule has 6 nitrogen and oxygen atoms in total. The molecule has 0 bridgehead atoms. The van der Waals surface area contributed by atoms with Gasteiger partial charge in [-0.3, -0.25) is 9.35 Å². The van der Waals surface area contributed by atoms with Crippen LogP contribution in [0.25, 0.3) is 0 Å². The lowest BCUT2D eigenvalue weighted by atomic mass is 10.0. The van der Waals surface area contributed by atoms with Crippen molar-refractivity contribution in [3.05, 3.63) is 24.3 Å². The molecular weight excluding hydrogens is 643 g/mol. The summed E-state index contributed by atoms with van der Waals surface area (Å²) >= 11 is 0. The van der Waals surface area contributed by atoms with Crippen LogP contribution in [0.5, 0.6) is 0 Å². The molecule has 2 unspecified atom stereocenters. The molecule has 0 saturated heterocycles. The van der Waals surface area contributed by atoms with Crippen molar-refractivity contribution in [3.63, 3.8) is 0 Å². The molecule has 0 saturated carbocycles. The lowest BCUT2D eigenvalue weighted by Crippen LogP contribution is -2.46. The van der Waals surface area contributed by atoms with Crippen molar-refractivity contribution < 1.29 is 22.9 Å². The third-order valence-corrected chi connectivity index (χ3v) is 10.7. The number of amides is 1. The van der Waals surface area contributed by atoms with Crippen molar-refractivity contribution in [2.24, 2.45) is 0 Å². The number of carbonyl (C=O) groups is 1. The highest BCUT2D eigenvalue weighted by atomic mass is 32.2. The number of hydrogen-bond donors (Lipinski definition) is 3. The highest BCUT2D eigenvalue weighted by molar-refractivity contribution is 7.85. The number of aliphatic hydroxyl groups excluding tert-OH is 1. The molecular formula is C43H83NO5S. The Hall–Kier alpha value is -1.18. The third kappa shape index (κ3) is 38.1. The minimum absolute atomic E-state index is 0.285. The zero-order valence-corrected chi connectivity index (χ0v) is 33.8. The average Bonchev–Trinajstić information content (AvgIpc) is 3.08. The van der Waals surface area contributed by atoms with Crippen LogP contribution in [0.4, 0.5) is 0 Å². The van der Waals surface area contributed by atoms with Crippen LogP contribution in [-0.2, 0) is 14.9 Å². The van der Waals surface area contributed by atoms with Gasteiger partial charge in [-0.1, -0.05) is 199 Å². The molecule has 0 radical (unpaired) electrons. The lowest BCUT2D eigenvalue weighted by molar-refractivity contribution is -0.122. The van der Waals surface area contributed by atoms with E-state index in [4.69, 9.17) is 0 Å². The summed E-state index contributed by atoms with van der Waals surface area (Å²) in [5, 5.41) is 13.2. The fraction of sp³-hybridized carbons (Fsp3) is 0.884. The highest BCUT2D eigenvalue weighted by Crippen LogP contribution is 2.15. The fourth-order valence-corrected chi connectivity index (χ4v) is 7.36. The molecule has 0 aromatic carbocycles. The van der Waals surface area contributed by atoms with Gasteiger partial charge in [0.1, 0.15) is 0 Å². The highest BCUT2D eigenvalue weighted by Gasteiger charge is 2.24. The van der Waals surface area contributed by atoms with E-state index < -0.39 is 28.0 Å². The number of hydrogen-bond acceptors (Lipinski definition) is 4. The van der Waals surface area contributed by atoms with Crippen LogP contribution in [0.1, 0.15) is 226 Å². The average molecular weight is 726 g/mol. The molecule has 0 fully saturated rings. The molecule has 0 aliphatic rings. The zero-order valence-electron chi connectivity index (χ0n) is 33.0. The van der Waals surface area contributed by atoms with Gasteiger partial charge in [-0.25, -0.2) is 0 Å². The minimum atomic E-state index is -4.34. The van der Waals surface area contributed by atoms with Gasteiger partial charge in [-0.05, 0) is 44.9 Å². The smallest absolute Gasteiger partial charge is 0.267 e. The van der Waals surface area contributed by atoms with Crippen LogP contribution in [-0.4, -0.2) is 41.9 Å². The molecule has 3 N–H and O–H groups in total. The second-order valence-electron chi connectivity index (χ2n) is 15.0. The molecule has 0 heterocycles. The van der Waals surface area contributed by atoms with Gasteiger partial charge in [0.05, 0.1) is 17.9 Å². The van der Waals surface area contributed by atoms with E-state index in [0.29, 0.717) is 0 Å². The van der Waals surface area contributed by atoms with Gasteiger partial charge in [0.2, 0.25) is 5.91 Å². The summed E-state index contributed by atoms with van der Waals surface area (Å²) in [7, 11) is -4.34. The van der Waals surface area contributed by atoms with E-state index in [1.807, 2.05) is 6.08 Å². The lowest BCUT2D eigenvalue weighted by Gasteiger charge is -2.21. The molecule has 2 atom stereocenters. The van der Waals surface area contributed by atoms with E-state index in [0.717, 1.165) is 57.8 Å². The molecule has 0 aromatic heterocycles. The Morgan fingerprint density at radius 2 is 0.840 bits per heavy atom. The Bertz CT molecular complexity index is 888. The first-order chi connectivity index (χ1) is 24.3. The van der Waals surface area contributed by atoms with Crippen molar-refractivity contribution >= 4 is 16.0 Å². The van der Waals surface area contributed by atoms with Crippen molar-refractivity contribution in [2.75, 3.05) is 5.75 Å². The van der Waals surface area contributed by atoms with Crippen LogP contribution in [0.2, 0.25) is 0 Å². The molecule has 0 aliphatic heterocycles. The molecule has 296 valence electrons. The number of carbonyl (C=O) groups excluding carboxylic acids is 1. The Balaban J connectivity index is 3.88.